The summed E-state index contributed by atoms with van der Waals surface area (Å²) in [5.41, 5.74) is 14.2. The molecule has 1 N–H and O–H groups in total. The van der Waals surface area contributed by atoms with Crippen LogP contribution >= 0.6 is 0 Å². The van der Waals surface area contributed by atoms with Gasteiger partial charge in [0.15, 0.2) is 6.17 Å². The molecule has 306 valence electrons. The van der Waals surface area contributed by atoms with Gasteiger partial charge < -0.3 is 15.0 Å². The molecular formula is C57H52N4O. The zero-order valence-corrected chi connectivity index (χ0v) is 35.1. The highest BCUT2D eigenvalue weighted by Crippen LogP contribution is 2.53. The average Bonchev–Trinajstić information content (AvgIpc) is 3.90. The van der Waals surface area contributed by atoms with E-state index in [4.69, 9.17) is 14.7 Å². The van der Waals surface area contributed by atoms with Crippen molar-refractivity contribution < 1.29 is 4.74 Å². The van der Waals surface area contributed by atoms with Crippen LogP contribution in [0.5, 0.6) is 0 Å². The lowest BCUT2D eigenvalue weighted by molar-refractivity contribution is 0.149. The van der Waals surface area contributed by atoms with E-state index in [1.54, 1.807) is 0 Å². The van der Waals surface area contributed by atoms with Crippen molar-refractivity contribution in [2.75, 3.05) is 4.90 Å². The molecule has 7 unspecified atom stereocenters. The van der Waals surface area contributed by atoms with Crippen molar-refractivity contribution in [3.05, 3.63) is 232 Å². The maximum Gasteiger partial charge on any atom is 0.169 e. The molecule has 7 aliphatic carbocycles. The number of allylic oxidation sites excluding steroid dienone is 19. The molecule has 5 heteroatoms. The number of ether oxygens (including phenoxy) is 1. The summed E-state index contributed by atoms with van der Waals surface area (Å²) in [4.78, 5) is 13.3. The summed E-state index contributed by atoms with van der Waals surface area (Å²) in [6.45, 7) is 0. The number of amidine groups is 2. The van der Waals surface area contributed by atoms with Crippen molar-refractivity contribution in [2.24, 2.45) is 33.7 Å². The van der Waals surface area contributed by atoms with Gasteiger partial charge in [0.2, 0.25) is 0 Å². The van der Waals surface area contributed by atoms with E-state index in [1.807, 2.05) is 0 Å². The second kappa shape index (κ2) is 15.8. The molecule has 2 aromatic rings. The fourth-order valence-corrected chi connectivity index (χ4v) is 11.3. The van der Waals surface area contributed by atoms with Gasteiger partial charge in [0.1, 0.15) is 29.6 Å². The Morgan fingerprint density at radius 1 is 0.629 bits per heavy atom. The second-order valence-corrected chi connectivity index (χ2v) is 17.9. The number of benzene rings is 2. The Morgan fingerprint density at radius 3 is 2.21 bits per heavy atom. The first-order valence-electron chi connectivity index (χ1n) is 23.0. The molecule has 10 aliphatic rings. The third kappa shape index (κ3) is 6.52. The molecule has 0 saturated carbocycles. The number of hydrogen-bond donors (Lipinski definition) is 1. The number of hydrogen-bond acceptors (Lipinski definition) is 5. The van der Waals surface area contributed by atoms with E-state index in [1.165, 1.54) is 56.0 Å². The SMILES string of the molecule is C1=CCC(C2=CCCC=C2C2C=CC(C3=CC4C5=C(OC4C=C3)C3C(C=C5)C4=CCCC=C4N3c3ccccc3)=C(C3=NC(C4=CCCC=C4)N=C(c4ccccc4)N3)C2)C=C1. The molecule has 5 nitrogen and oxygen atoms in total. The Bertz CT molecular complexity index is 2710. The fraction of sp³-hybridized carbons (Fsp3) is 0.263. The number of anilines is 1. The summed E-state index contributed by atoms with van der Waals surface area (Å²) in [5.74, 6) is 3.94. The van der Waals surface area contributed by atoms with Crippen molar-refractivity contribution in [1.29, 1.82) is 0 Å². The summed E-state index contributed by atoms with van der Waals surface area (Å²) in [6, 6.07) is 21.6. The van der Waals surface area contributed by atoms with E-state index in [-0.39, 0.29) is 36.1 Å². The monoisotopic (exact) mass is 808 g/mol. The zero-order valence-electron chi connectivity index (χ0n) is 35.1. The summed E-state index contributed by atoms with van der Waals surface area (Å²) < 4.78 is 7.11. The van der Waals surface area contributed by atoms with Crippen LogP contribution in [0.3, 0.4) is 0 Å². The first-order chi connectivity index (χ1) is 30.7. The van der Waals surface area contributed by atoms with E-state index in [0.717, 1.165) is 74.4 Å². The van der Waals surface area contributed by atoms with Crippen LogP contribution in [0.4, 0.5) is 5.69 Å². The Hall–Kier alpha value is -6.46. The molecule has 3 aliphatic heterocycles. The highest BCUT2D eigenvalue weighted by molar-refractivity contribution is 6.16. The van der Waals surface area contributed by atoms with Crippen LogP contribution in [0.1, 0.15) is 56.9 Å². The Balaban J connectivity index is 0.952. The van der Waals surface area contributed by atoms with Gasteiger partial charge in [-0.1, -0.05) is 152 Å². The molecule has 1 saturated heterocycles. The van der Waals surface area contributed by atoms with E-state index in [0.29, 0.717) is 5.92 Å². The molecule has 0 amide bonds. The van der Waals surface area contributed by atoms with Crippen LogP contribution in [0.15, 0.2) is 236 Å². The summed E-state index contributed by atoms with van der Waals surface area (Å²) >= 11 is 0. The largest absolute Gasteiger partial charge is 0.487 e. The molecule has 7 atom stereocenters. The standard InChI is InChI=1S/C57H52N4O/c1-5-17-37(18-6-1)43-25-13-14-26-44(43)40-29-31-45(50(36-40)57-59-55(38-19-7-2-8-20-38)58-56(60-57)39-21-9-3-10-22-39)41-30-34-52-49(35-41)48-33-32-47-46-27-15-16-28-51(46)61(53(47)54(48)62-52)42-23-11-4-12-24-42/h1-2,4-9,11-12,17,19-35,37,40,47,49,52-53,56H,3,10,13-16,18,36H2,(H,58,59,60). The predicted octanol–water partition coefficient (Wildman–Crippen LogP) is 12.1. The molecule has 1 fully saturated rings. The minimum absolute atomic E-state index is 0.0474. The molecule has 0 radical (unpaired) electrons. The van der Waals surface area contributed by atoms with Crippen LogP contribution in [-0.2, 0) is 4.74 Å². The Morgan fingerprint density at radius 2 is 1.40 bits per heavy atom. The van der Waals surface area contributed by atoms with E-state index in [2.05, 4.69) is 180 Å². The molecular weight excluding hydrogens is 757 g/mol. The van der Waals surface area contributed by atoms with Crippen LogP contribution in [0.2, 0.25) is 0 Å². The molecule has 0 aromatic heterocycles. The maximum atomic E-state index is 7.11. The molecule has 2 aromatic carbocycles. The number of rotatable bonds is 7. The number of aliphatic imine (C=N–C) groups is 2. The van der Waals surface area contributed by atoms with Gasteiger partial charge in [0.25, 0.3) is 0 Å². The lowest BCUT2D eigenvalue weighted by atomic mass is 9.73. The third-order valence-corrected chi connectivity index (χ3v) is 14.2. The van der Waals surface area contributed by atoms with Crippen LogP contribution in [0.25, 0.3) is 0 Å². The number of nitrogens with one attached hydrogen (secondary N) is 1. The highest BCUT2D eigenvalue weighted by Gasteiger charge is 2.50. The minimum atomic E-state index is -0.316. The quantitative estimate of drug-likeness (QED) is 0.303. The second-order valence-electron chi connectivity index (χ2n) is 17.9. The van der Waals surface area contributed by atoms with Gasteiger partial charge in [0.05, 0.1) is 0 Å². The highest BCUT2D eigenvalue weighted by atomic mass is 16.5. The predicted molar refractivity (Wildman–Crippen MR) is 253 cm³/mol. The molecule has 3 heterocycles. The van der Waals surface area contributed by atoms with Crippen LogP contribution in [0, 0.1) is 23.7 Å². The lowest BCUT2D eigenvalue weighted by Gasteiger charge is -2.33. The minimum Gasteiger partial charge on any atom is -0.487 e. The van der Waals surface area contributed by atoms with Gasteiger partial charge in [-0.2, -0.15) is 0 Å². The van der Waals surface area contributed by atoms with Gasteiger partial charge in [-0.05, 0) is 103 Å². The molecule has 0 spiro atoms. The van der Waals surface area contributed by atoms with E-state index >= 15 is 0 Å². The maximum absolute atomic E-state index is 7.11. The van der Waals surface area contributed by atoms with Gasteiger partial charge >= 0.3 is 0 Å². The summed E-state index contributed by atoms with van der Waals surface area (Å²) in [6.07, 6.45) is 50.7. The van der Waals surface area contributed by atoms with Crippen molar-refractivity contribution >= 4 is 17.4 Å². The molecule has 12 rings (SSSR count). The van der Waals surface area contributed by atoms with Crippen molar-refractivity contribution in [2.45, 2.75) is 69.7 Å². The number of para-hydroxylation sites is 1. The van der Waals surface area contributed by atoms with Gasteiger partial charge in [-0.25, -0.2) is 9.98 Å². The van der Waals surface area contributed by atoms with Gasteiger partial charge in [-0.3, -0.25) is 0 Å². The lowest BCUT2D eigenvalue weighted by Crippen LogP contribution is -2.39. The number of nitrogens with zero attached hydrogens (tertiary/aromatic N) is 3. The normalized spacial score (nSPS) is 30.4. The summed E-state index contributed by atoms with van der Waals surface area (Å²) in [5, 5.41) is 3.83. The molecule has 62 heavy (non-hydrogen) atoms. The third-order valence-electron chi connectivity index (χ3n) is 14.2. The van der Waals surface area contributed by atoms with Crippen molar-refractivity contribution in [3.8, 4) is 0 Å². The first kappa shape index (κ1) is 37.3. The number of fused-ring (bicyclic) bond motifs is 6. The van der Waals surface area contributed by atoms with E-state index < -0.39 is 0 Å². The van der Waals surface area contributed by atoms with Crippen LogP contribution < -0.4 is 10.2 Å². The summed E-state index contributed by atoms with van der Waals surface area (Å²) in [7, 11) is 0. The average molecular weight is 809 g/mol. The topological polar surface area (TPSA) is 49.2 Å². The first-order valence-corrected chi connectivity index (χ1v) is 23.0. The van der Waals surface area contributed by atoms with Crippen molar-refractivity contribution in [1.82, 2.24) is 5.32 Å². The van der Waals surface area contributed by atoms with Crippen LogP contribution in [-0.4, -0.2) is 30.0 Å². The van der Waals surface area contributed by atoms with Gasteiger partial charge in [0, 0.05) is 51.8 Å². The fourth-order valence-electron chi connectivity index (χ4n) is 11.3. The Kier molecular flexibility index (Phi) is 9.50. The Labute approximate surface area is 365 Å². The smallest absolute Gasteiger partial charge is 0.169 e. The van der Waals surface area contributed by atoms with Gasteiger partial charge in [-0.15, -0.1) is 0 Å². The van der Waals surface area contributed by atoms with E-state index in [9.17, 15) is 0 Å². The molecule has 0 bridgehead atoms. The zero-order chi connectivity index (χ0) is 41.0. The van der Waals surface area contributed by atoms with Crippen molar-refractivity contribution in [3.63, 3.8) is 0 Å².